The molecule has 1 fully saturated rings. The zero-order valence-electron chi connectivity index (χ0n) is 14.6. The lowest BCUT2D eigenvalue weighted by Crippen LogP contribution is -2.50. The van der Waals surface area contributed by atoms with Crippen LogP contribution in [0.5, 0.6) is 5.75 Å². The number of hydrogen-bond donors (Lipinski definition) is 1. The molecule has 1 aliphatic heterocycles. The Morgan fingerprint density at radius 3 is 2.84 bits per heavy atom. The van der Waals surface area contributed by atoms with Crippen LogP contribution in [-0.4, -0.2) is 42.0 Å². The number of benzene rings is 1. The summed E-state index contributed by atoms with van der Waals surface area (Å²) < 4.78 is 31.1. The van der Waals surface area contributed by atoms with Crippen LogP contribution in [0.3, 0.4) is 0 Å². The topological polar surface area (TPSA) is 77.9 Å². The zero-order valence-corrected chi connectivity index (χ0v) is 14.6. The molecule has 2 N–H and O–H groups in total. The number of amides is 1. The van der Waals surface area contributed by atoms with E-state index in [4.69, 9.17) is 19.6 Å². The largest absolute Gasteiger partial charge is 0.483 e. The second-order valence-electron chi connectivity index (χ2n) is 7.25. The number of anilines is 1. The number of rotatable bonds is 2. The van der Waals surface area contributed by atoms with Gasteiger partial charge in [0.25, 0.3) is 0 Å². The Morgan fingerprint density at radius 2 is 2.16 bits per heavy atom. The van der Waals surface area contributed by atoms with Crippen LogP contribution < -0.4 is 10.5 Å². The second-order valence-corrected chi connectivity index (χ2v) is 7.25. The van der Waals surface area contributed by atoms with Crippen molar-refractivity contribution < 1.29 is 23.1 Å². The molecule has 0 spiro atoms. The summed E-state index contributed by atoms with van der Waals surface area (Å²) in [5.74, 6) is 0.415. The van der Waals surface area contributed by atoms with Crippen molar-refractivity contribution in [1.82, 2.24) is 4.90 Å². The molecule has 2 aromatic rings. The zero-order chi connectivity index (χ0) is 18.2. The summed E-state index contributed by atoms with van der Waals surface area (Å²) in [5, 5.41) is 0.802. The van der Waals surface area contributed by atoms with Crippen LogP contribution in [0, 0.1) is 0 Å². The molecular weight excluding hydrogens is 327 g/mol. The van der Waals surface area contributed by atoms with Crippen molar-refractivity contribution in [3.63, 3.8) is 0 Å². The smallest absolute Gasteiger partial charge is 0.410 e. The third kappa shape index (κ3) is 3.97. The molecule has 6 nitrogen and oxygen atoms in total. The van der Waals surface area contributed by atoms with Gasteiger partial charge in [0, 0.05) is 30.1 Å². The Labute approximate surface area is 145 Å². The number of carbonyl (C=O) groups is 1. The molecule has 1 aromatic heterocycles. The molecule has 0 radical (unpaired) electrons. The summed E-state index contributed by atoms with van der Waals surface area (Å²) in [6, 6.07) is 5.17. The molecule has 7 heteroatoms. The highest BCUT2D eigenvalue weighted by atomic mass is 19.1. The molecule has 0 aliphatic carbocycles. The first-order chi connectivity index (χ1) is 11.7. The highest BCUT2D eigenvalue weighted by Crippen LogP contribution is 2.32. The monoisotopic (exact) mass is 350 g/mol. The van der Waals surface area contributed by atoms with E-state index >= 15 is 0 Å². The minimum atomic E-state index is -1.33. The van der Waals surface area contributed by atoms with Gasteiger partial charge in [0.05, 0.1) is 12.8 Å². The molecule has 136 valence electrons. The van der Waals surface area contributed by atoms with E-state index < -0.39 is 24.0 Å². The summed E-state index contributed by atoms with van der Waals surface area (Å²) >= 11 is 0. The van der Waals surface area contributed by atoms with Crippen molar-refractivity contribution in [2.75, 3.05) is 18.8 Å². The van der Waals surface area contributed by atoms with E-state index in [1.165, 1.54) is 11.2 Å². The van der Waals surface area contributed by atoms with Crippen LogP contribution >= 0.6 is 0 Å². The van der Waals surface area contributed by atoms with E-state index in [9.17, 15) is 9.18 Å². The van der Waals surface area contributed by atoms with Crippen LogP contribution in [0.25, 0.3) is 11.0 Å². The van der Waals surface area contributed by atoms with Crippen molar-refractivity contribution in [1.29, 1.82) is 0 Å². The Bertz CT molecular complexity index is 768. The van der Waals surface area contributed by atoms with Gasteiger partial charge in [-0.3, -0.25) is 0 Å². The lowest BCUT2D eigenvalue weighted by atomic mass is 10.1. The summed E-state index contributed by atoms with van der Waals surface area (Å²) in [7, 11) is 0. The molecule has 1 amide bonds. The van der Waals surface area contributed by atoms with Crippen LogP contribution in [0.4, 0.5) is 14.9 Å². The molecule has 2 atom stereocenters. The minimum absolute atomic E-state index is 0.0663. The lowest BCUT2D eigenvalue weighted by Gasteiger charge is -2.35. The van der Waals surface area contributed by atoms with Gasteiger partial charge in [0.1, 0.15) is 11.7 Å². The Balaban J connectivity index is 1.67. The van der Waals surface area contributed by atoms with Gasteiger partial charge in [0.15, 0.2) is 17.5 Å². The van der Waals surface area contributed by atoms with E-state index in [1.807, 2.05) is 0 Å². The van der Waals surface area contributed by atoms with Crippen molar-refractivity contribution in [3.05, 3.63) is 24.5 Å². The fourth-order valence-electron chi connectivity index (χ4n) is 2.83. The number of nitrogen functional groups attached to an aromatic ring is 1. The summed E-state index contributed by atoms with van der Waals surface area (Å²) in [4.78, 5) is 13.4. The molecule has 0 bridgehead atoms. The van der Waals surface area contributed by atoms with Crippen LogP contribution in [0.2, 0.25) is 0 Å². The first-order valence-corrected chi connectivity index (χ1v) is 8.28. The number of halogens is 1. The number of hydrogen-bond acceptors (Lipinski definition) is 5. The number of ether oxygens (including phenoxy) is 2. The first-order valence-electron chi connectivity index (χ1n) is 8.28. The lowest BCUT2D eigenvalue weighted by molar-refractivity contribution is -0.0104. The second kappa shape index (κ2) is 6.46. The van der Waals surface area contributed by atoms with Crippen molar-refractivity contribution >= 4 is 22.7 Å². The van der Waals surface area contributed by atoms with E-state index in [0.717, 1.165) is 5.39 Å². The highest BCUT2D eigenvalue weighted by molar-refractivity contribution is 5.86. The number of nitrogens with two attached hydrogens (primary N) is 1. The predicted octanol–water partition coefficient (Wildman–Crippen LogP) is 3.74. The highest BCUT2D eigenvalue weighted by Gasteiger charge is 2.35. The maximum atomic E-state index is 14.6. The van der Waals surface area contributed by atoms with Gasteiger partial charge in [-0.05, 0) is 32.9 Å². The molecule has 3 rings (SSSR count). The molecule has 1 saturated heterocycles. The van der Waals surface area contributed by atoms with E-state index in [0.29, 0.717) is 30.0 Å². The van der Waals surface area contributed by atoms with Crippen molar-refractivity contribution in [2.24, 2.45) is 0 Å². The fourth-order valence-corrected chi connectivity index (χ4v) is 2.83. The molecule has 1 aliphatic rings. The molecule has 2 heterocycles. The van der Waals surface area contributed by atoms with E-state index in [-0.39, 0.29) is 6.54 Å². The average Bonchev–Trinajstić information content (AvgIpc) is 2.95. The number of likely N-dealkylation sites (tertiary alicyclic amines) is 1. The number of carbonyl (C=O) groups excluding carboxylic acids is 1. The number of nitrogens with zero attached hydrogens (tertiary/aromatic N) is 1. The minimum Gasteiger partial charge on any atom is -0.483 e. The normalized spacial score (nSPS) is 21.4. The van der Waals surface area contributed by atoms with Crippen molar-refractivity contribution in [2.45, 2.75) is 45.1 Å². The van der Waals surface area contributed by atoms with Gasteiger partial charge in [0.2, 0.25) is 0 Å². The SMILES string of the molecule is CC(C)(C)OC(=O)N1CC[C@@H](Oc2cc(N)cc3ccoc23)[C@H](F)C1. The molecular formula is C18H23FN2O4. The van der Waals surface area contributed by atoms with Crippen LogP contribution in [-0.2, 0) is 4.74 Å². The molecule has 0 unspecified atom stereocenters. The van der Waals surface area contributed by atoms with Gasteiger partial charge in [-0.2, -0.15) is 0 Å². The molecule has 25 heavy (non-hydrogen) atoms. The average molecular weight is 350 g/mol. The maximum Gasteiger partial charge on any atom is 0.410 e. The van der Waals surface area contributed by atoms with Gasteiger partial charge in [-0.25, -0.2) is 9.18 Å². The Hall–Kier alpha value is -2.44. The predicted molar refractivity (Wildman–Crippen MR) is 92.4 cm³/mol. The molecule has 0 saturated carbocycles. The molecule has 1 aromatic carbocycles. The Kier molecular flexibility index (Phi) is 4.49. The number of fused-ring (bicyclic) bond motifs is 1. The number of piperidine rings is 1. The van der Waals surface area contributed by atoms with Gasteiger partial charge in [-0.15, -0.1) is 0 Å². The van der Waals surface area contributed by atoms with E-state index in [1.54, 1.807) is 39.0 Å². The summed E-state index contributed by atoms with van der Waals surface area (Å²) in [5.41, 5.74) is 6.31. The standard InChI is InChI=1S/C18H23FN2O4/c1-18(2,3)25-17(22)21-6-4-14(13(19)10-21)24-15-9-12(20)8-11-5-7-23-16(11)15/h5,7-9,13-14H,4,6,10,20H2,1-3H3/t13-,14-/m1/s1. The van der Waals surface area contributed by atoms with Gasteiger partial charge >= 0.3 is 6.09 Å². The van der Waals surface area contributed by atoms with Gasteiger partial charge in [-0.1, -0.05) is 0 Å². The maximum absolute atomic E-state index is 14.6. The van der Waals surface area contributed by atoms with Crippen LogP contribution in [0.1, 0.15) is 27.2 Å². The third-order valence-corrected chi connectivity index (χ3v) is 3.95. The first kappa shape index (κ1) is 17.4. The summed E-state index contributed by atoms with van der Waals surface area (Å²) in [6.45, 7) is 5.64. The third-order valence-electron chi connectivity index (χ3n) is 3.95. The van der Waals surface area contributed by atoms with Gasteiger partial charge < -0.3 is 24.5 Å². The number of alkyl halides is 1. The van der Waals surface area contributed by atoms with Crippen molar-refractivity contribution in [3.8, 4) is 5.75 Å². The van der Waals surface area contributed by atoms with Crippen LogP contribution in [0.15, 0.2) is 28.9 Å². The van der Waals surface area contributed by atoms with E-state index in [2.05, 4.69) is 0 Å². The fraction of sp³-hybridized carbons (Fsp3) is 0.500. The summed E-state index contributed by atoms with van der Waals surface area (Å²) in [6.07, 6.45) is -0.612. The number of furan rings is 1. The Morgan fingerprint density at radius 1 is 1.40 bits per heavy atom. The quantitative estimate of drug-likeness (QED) is 0.835.